The first kappa shape index (κ1) is 14.6. The van der Waals surface area contributed by atoms with Crippen LogP contribution < -0.4 is 20.5 Å². The van der Waals surface area contributed by atoms with E-state index >= 15 is 0 Å². The lowest BCUT2D eigenvalue weighted by Crippen LogP contribution is -2.30. The number of nitrogens with one attached hydrogen (secondary N) is 1. The molecule has 0 aliphatic carbocycles. The summed E-state index contributed by atoms with van der Waals surface area (Å²) in [6.07, 6.45) is 0.999. The van der Waals surface area contributed by atoms with E-state index in [4.69, 9.17) is 15.2 Å². The highest BCUT2D eigenvalue weighted by molar-refractivity contribution is 5.59. The first-order valence-corrected chi connectivity index (χ1v) is 6.28. The van der Waals surface area contributed by atoms with E-state index in [9.17, 15) is 0 Å². The molecule has 0 aromatic heterocycles. The van der Waals surface area contributed by atoms with Crippen LogP contribution in [0.3, 0.4) is 0 Å². The van der Waals surface area contributed by atoms with Crippen LogP contribution in [0.25, 0.3) is 0 Å². The topological polar surface area (TPSA) is 56.5 Å². The second-order valence-corrected chi connectivity index (χ2v) is 4.84. The third kappa shape index (κ3) is 4.45. The van der Waals surface area contributed by atoms with Gasteiger partial charge in [-0.05, 0) is 24.5 Å². The lowest BCUT2D eigenvalue weighted by Gasteiger charge is -2.17. The van der Waals surface area contributed by atoms with E-state index in [0.717, 1.165) is 30.2 Å². The van der Waals surface area contributed by atoms with Crippen LogP contribution >= 0.6 is 0 Å². The lowest BCUT2D eigenvalue weighted by atomic mass is 10.0. The number of hydrogen-bond acceptors (Lipinski definition) is 4. The summed E-state index contributed by atoms with van der Waals surface area (Å²) in [6, 6.07) is 5.81. The molecule has 0 amide bonds. The molecule has 0 saturated heterocycles. The molecule has 0 heterocycles. The Morgan fingerprint density at radius 1 is 1.22 bits per heavy atom. The SMILES string of the molecule is COc1ccc(OC)c(NCC(N)CC(C)C)c1. The molecule has 3 N–H and O–H groups in total. The molecule has 1 atom stereocenters. The van der Waals surface area contributed by atoms with Crippen molar-refractivity contribution in [2.24, 2.45) is 11.7 Å². The molecule has 0 fully saturated rings. The molecule has 1 unspecified atom stereocenters. The highest BCUT2D eigenvalue weighted by Gasteiger charge is 2.08. The molecule has 102 valence electrons. The zero-order chi connectivity index (χ0) is 13.5. The summed E-state index contributed by atoms with van der Waals surface area (Å²) >= 11 is 0. The van der Waals surface area contributed by atoms with Gasteiger partial charge >= 0.3 is 0 Å². The fraction of sp³-hybridized carbons (Fsp3) is 0.571. The van der Waals surface area contributed by atoms with Gasteiger partial charge < -0.3 is 20.5 Å². The van der Waals surface area contributed by atoms with Crippen molar-refractivity contribution in [1.82, 2.24) is 0 Å². The third-order valence-corrected chi connectivity index (χ3v) is 2.74. The van der Waals surface area contributed by atoms with Crippen LogP contribution in [0.15, 0.2) is 18.2 Å². The molecule has 0 aliphatic rings. The van der Waals surface area contributed by atoms with Crippen molar-refractivity contribution in [3.05, 3.63) is 18.2 Å². The van der Waals surface area contributed by atoms with E-state index in [1.807, 2.05) is 18.2 Å². The van der Waals surface area contributed by atoms with Gasteiger partial charge in [0, 0.05) is 18.7 Å². The molecule has 4 nitrogen and oxygen atoms in total. The highest BCUT2D eigenvalue weighted by Crippen LogP contribution is 2.28. The van der Waals surface area contributed by atoms with Gasteiger partial charge in [-0.25, -0.2) is 0 Å². The summed E-state index contributed by atoms with van der Waals surface area (Å²) in [5.74, 6) is 2.21. The van der Waals surface area contributed by atoms with Crippen molar-refractivity contribution in [2.45, 2.75) is 26.3 Å². The fourth-order valence-electron chi connectivity index (χ4n) is 1.88. The van der Waals surface area contributed by atoms with E-state index in [1.54, 1.807) is 14.2 Å². The largest absolute Gasteiger partial charge is 0.497 e. The smallest absolute Gasteiger partial charge is 0.142 e. The van der Waals surface area contributed by atoms with E-state index in [2.05, 4.69) is 19.2 Å². The number of ether oxygens (including phenoxy) is 2. The molecule has 0 aliphatic heterocycles. The van der Waals surface area contributed by atoms with E-state index in [-0.39, 0.29) is 6.04 Å². The molecular weight excluding hydrogens is 228 g/mol. The second kappa shape index (κ2) is 7.11. The summed E-state index contributed by atoms with van der Waals surface area (Å²) in [4.78, 5) is 0. The molecule has 18 heavy (non-hydrogen) atoms. The number of hydrogen-bond donors (Lipinski definition) is 2. The van der Waals surface area contributed by atoms with Gasteiger partial charge in [-0.3, -0.25) is 0 Å². The summed E-state index contributed by atoms with van der Waals surface area (Å²) < 4.78 is 10.5. The molecular formula is C14H24N2O2. The number of anilines is 1. The van der Waals surface area contributed by atoms with Gasteiger partial charge in [-0.1, -0.05) is 13.8 Å². The van der Waals surface area contributed by atoms with Crippen LogP contribution in [0.5, 0.6) is 11.5 Å². The first-order chi connectivity index (χ1) is 8.56. The normalized spacial score (nSPS) is 12.3. The zero-order valence-corrected chi connectivity index (χ0v) is 11.7. The van der Waals surface area contributed by atoms with Crippen molar-refractivity contribution >= 4 is 5.69 Å². The standard InChI is InChI=1S/C14H24N2O2/c1-10(2)7-11(15)9-16-13-8-12(17-3)5-6-14(13)18-4/h5-6,8,10-11,16H,7,9,15H2,1-4H3. The lowest BCUT2D eigenvalue weighted by molar-refractivity contribution is 0.404. The van der Waals surface area contributed by atoms with E-state index < -0.39 is 0 Å². The van der Waals surface area contributed by atoms with Crippen LogP contribution in [-0.2, 0) is 0 Å². The van der Waals surface area contributed by atoms with E-state index in [1.165, 1.54) is 0 Å². The second-order valence-electron chi connectivity index (χ2n) is 4.84. The number of methoxy groups -OCH3 is 2. The average molecular weight is 252 g/mol. The summed E-state index contributed by atoms with van der Waals surface area (Å²) in [5, 5.41) is 3.31. The van der Waals surface area contributed by atoms with E-state index in [0.29, 0.717) is 5.92 Å². The Morgan fingerprint density at radius 2 is 1.94 bits per heavy atom. The quantitative estimate of drug-likeness (QED) is 0.783. The van der Waals surface area contributed by atoms with Gasteiger partial charge in [-0.15, -0.1) is 0 Å². The van der Waals surface area contributed by atoms with Crippen LogP contribution in [-0.4, -0.2) is 26.8 Å². The Bertz CT molecular complexity index is 367. The zero-order valence-electron chi connectivity index (χ0n) is 11.7. The molecule has 0 radical (unpaired) electrons. The average Bonchev–Trinajstić information content (AvgIpc) is 2.35. The van der Waals surface area contributed by atoms with Gasteiger partial charge in [0.15, 0.2) is 0 Å². The maximum Gasteiger partial charge on any atom is 0.142 e. The Labute approximate surface area is 109 Å². The van der Waals surface area contributed by atoms with Crippen LogP contribution in [0.2, 0.25) is 0 Å². The minimum atomic E-state index is 0.140. The van der Waals surface area contributed by atoms with Crippen LogP contribution in [0.1, 0.15) is 20.3 Å². The first-order valence-electron chi connectivity index (χ1n) is 6.28. The monoisotopic (exact) mass is 252 g/mol. The Balaban J connectivity index is 2.64. The number of nitrogens with two attached hydrogens (primary N) is 1. The summed E-state index contributed by atoms with van der Waals surface area (Å²) in [7, 11) is 3.30. The van der Waals surface area contributed by atoms with Crippen molar-refractivity contribution in [1.29, 1.82) is 0 Å². The van der Waals surface area contributed by atoms with Crippen molar-refractivity contribution in [3.63, 3.8) is 0 Å². The highest BCUT2D eigenvalue weighted by atomic mass is 16.5. The van der Waals surface area contributed by atoms with Crippen LogP contribution in [0.4, 0.5) is 5.69 Å². The van der Waals surface area contributed by atoms with Gasteiger partial charge in [0.1, 0.15) is 11.5 Å². The van der Waals surface area contributed by atoms with Crippen molar-refractivity contribution in [2.75, 3.05) is 26.1 Å². The summed E-state index contributed by atoms with van der Waals surface area (Å²) in [5.41, 5.74) is 6.96. The predicted molar refractivity (Wildman–Crippen MR) is 75.5 cm³/mol. The Hall–Kier alpha value is -1.42. The van der Waals surface area contributed by atoms with Gasteiger partial charge in [0.25, 0.3) is 0 Å². The maximum atomic E-state index is 6.05. The third-order valence-electron chi connectivity index (χ3n) is 2.74. The summed E-state index contributed by atoms with van der Waals surface area (Å²) in [6.45, 7) is 5.07. The molecule has 4 heteroatoms. The molecule has 0 bridgehead atoms. The molecule has 0 spiro atoms. The Morgan fingerprint density at radius 3 is 2.50 bits per heavy atom. The van der Waals surface area contributed by atoms with Gasteiger partial charge in [-0.2, -0.15) is 0 Å². The number of rotatable bonds is 7. The molecule has 1 aromatic rings. The fourth-order valence-corrected chi connectivity index (χ4v) is 1.88. The minimum Gasteiger partial charge on any atom is -0.497 e. The van der Waals surface area contributed by atoms with Gasteiger partial charge in [0.2, 0.25) is 0 Å². The molecule has 0 saturated carbocycles. The van der Waals surface area contributed by atoms with Crippen LogP contribution in [0, 0.1) is 5.92 Å². The maximum absolute atomic E-state index is 6.05. The molecule has 1 rings (SSSR count). The van der Waals surface area contributed by atoms with Gasteiger partial charge in [0.05, 0.1) is 19.9 Å². The van der Waals surface area contributed by atoms with Crippen molar-refractivity contribution < 1.29 is 9.47 Å². The Kier molecular flexibility index (Phi) is 5.78. The minimum absolute atomic E-state index is 0.140. The van der Waals surface area contributed by atoms with Crippen molar-refractivity contribution in [3.8, 4) is 11.5 Å². The number of benzene rings is 1. The predicted octanol–water partition coefficient (Wildman–Crippen LogP) is 2.49. The molecule has 1 aromatic carbocycles.